The van der Waals surface area contributed by atoms with E-state index in [2.05, 4.69) is 37.2 Å². The lowest BCUT2D eigenvalue weighted by Crippen LogP contribution is -2.61. The van der Waals surface area contributed by atoms with E-state index in [1.54, 1.807) is 0 Å². The maximum Gasteiger partial charge on any atom is 0.222 e. The maximum absolute atomic E-state index is 14.0. The number of unbranched alkanes of at least 4 members (excludes halogenated alkanes) is 3. The van der Waals surface area contributed by atoms with Crippen molar-refractivity contribution in [3.8, 4) is 0 Å². The van der Waals surface area contributed by atoms with Gasteiger partial charge in [0.2, 0.25) is 41.4 Å². The van der Waals surface area contributed by atoms with Crippen molar-refractivity contribution in [1.82, 2.24) is 37.2 Å². The number of hydrogen-bond acceptors (Lipinski definition) is 24. The Balaban J connectivity index is 1.68. The molecule has 556 valence electrons. The molecule has 15 atom stereocenters. The van der Waals surface area contributed by atoms with E-state index in [0.717, 1.165) is 25.7 Å². The zero-order valence-corrected chi connectivity index (χ0v) is 57.4. The average molecular weight is 1380 g/mol. The molecule has 16 N–H and O–H groups in total. The van der Waals surface area contributed by atoms with Crippen molar-refractivity contribution in [2.24, 2.45) is 23.2 Å². The number of hydrogen-bond donors (Lipinski definition) is 16. The fraction of sp³-hybridized carbons (Fsp3) is 0.877. The lowest BCUT2D eigenvalue weighted by molar-refractivity contribution is -0.142. The first-order valence-corrected chi connectivity index (χ1v) is 34.2. The molecule has 3 aliphatic rings. The second-order valence-electron chi connectivity index (χ2n) is 26.7. The zero-order valence-electron chi connectivity index (χ0n) is 57.4. The molecule has 0 aromatic heterocycles. The molecule has 0 aromatic carbocycles. The molecule has 3 aliphatic carbocycles. The van der Waals surface area contributed by atoms with Crippen molar-refractivity contribution >= 4 is 47.1 Å². The molecule has 6 unspecified atom stereocenters. The summed E-state index contributed by atoms with van der Waals surface area (Å²) < 4.78 is 42.0. The van der Waals surface area contributed by atoms with Gasteiger partial charge < -0.3 is 116 Å². The lowest BCUT2D eigenvalue weighted by Gasteiger charge is -2.42. The van der Waals surface area contributed by atoms with Crippen molar-refractivity contribution in [1.29, 1.82) is 0 Å². The highest BCUT2D eigenvalue weighted by molar-refractivity contribution is 5.81. The van der Waals surface area contributed by atoms with Crippen molar-refractivity contribution < 1.29 is 117 Å². The molecule has 0 radical (unpaired) electrons. The van der Waals surface area contributed by atoms with E-state index in [-0.39, 0.29) is 178 Å². The third-order valence-electron chi connectivity index (χ3n) is 17.2. The van der Waals surface area contributed by atoms with Gasteiger partial charge >= 0.3 is 0 Å². The molecule has 3 rings (SSSR count). The SMILES string of the molecule is CC(=O)NC1[C@@H](O)[C@@H](O)C(CO)C[C@H]1OCCCNC(=O)CCOCC(COCCC(=O)NCCCO[C@@H]1CC(CO)[C@H](O)[C@H](O)C1NC(C)=O)(COCCC(=O)NCCCO[C@@H]1CC(CO)[C@H](O)[C@H](O)C1NC(C)=O)CC(=O)CCCC(=O)NCCCCCCOC(C)(C)C. The molecule has 0 bridgehead atoms. The fourth-order valence-corrected chi connectivity index (χ4v) is 11.9. The van der Waals surface area contributed by atoms with Gasteiger partial charge in [0.1, 0.15) is 24.1 Å². The molecule has 0 saturated heterocycles. The molecule has 3 fully saturated rings. The van der Waals surface area contributed by atoms with E-state index in [4.69, 9.17) is 33.2 Å². The molecule has 3 saturated carbocycles. The van der Waals surface area contributed by atoms with E-state index < -0.39 is 134 Å². The van der Waals surface area contributed by atoms with E-state index >= 15 is 0 Å². The quantitative estimate of drug-likeness (QED) is 0.0274. The molecule has 0 aromatic rings. The molecule has 96 heavy (non-hydrogen) atoms. The number of amides is 7. The van der Waals surface area contributed by atoms with Gasteiger partial charge in [0.05, 0.1) is 100.0 Å². The van der Waals surface area contributed by atoms with Crippen LogP contribution in [-0.4, -0.2) is 284 Å². The Labute approximate surface area is 564 Å². The minimum atomic E-state index is -1.38. The second kappa shape index (κ2) is 46.6. The smallest absolute Gasteiger partial charge is 0.222 e. The lowest BCUT2D eigenvalue weighted by atomic mass is 9.79. The van der Waals surface area contributed by atoms with Gasteiger partial charge in [-0.2, -0.15) is 0 Å². The first-order valence-electron chi connectivity index (χ1n) is 34.2. The molecule has 0 aliphatic heterocycles. The third-order valence-corrected chi connectivity index (χ3v) is 17.2. The van der Waals surface area contributed by atoms with E-state index in [0.29, 0.717) is 32.4 Å². The number of rotatable bonds is 49. The van der Waals surface area contributed by atoms with Gasteiger partial charge in [-0.1, -0.05) is 12.8 Å². The van der Waals surface area contributed by atoms with Gasteiger partial charge in [-0.25, -0.2) is 0 Å². The van der Waals surface area contributed by atoms with Crippen molar-refractivity contribution in [3.05, 3.63) is 0 Å². The van der Waals surface area contributed by atoms with Gasteiger partial charge in [-0.15, -0.1) is 0 Å². The summed E-state index contributed by atoms with van der Waals surface area (Å²) in [6, 6.07) is -2.77. The summed E-state index contributed by atoms with van der Waals surface area (Å²) in [7, 11) is 0. The van der Waals surface area contributed by atoms with Crippen LogP contribution < -0.4 is 37.2 Å². The standard InChI is InChI=1S/C65H117N7O24/c1-41(76)70-55-48(31-44(35-73)58(84)61(55)87)93-24-12-21-67-52(81)17-28-90-38-65(34-47(79)15-11-16-51(80)66-20-9-7-8-10-27-96-64(4,5)6,39-91-29-18-53(82)68-22-13-25-94-49-32-45(36-74)59(85)62(88)56(49)71-42(2)77)40-92-30-19-54(83)69-23-14-26-95-50-33-46(37-75)60(86)63(89)57(50)72-43(3)78/h44-46,48-50,55-63,73-75,84-89H,7-40H2,1-6H3,(H,66,80)(H,67,81)(H,68,82)(H,69,83)(H,70,76)(H,71,77)(H,72,78)/t44?,45?,46?,48-,49-,50-,55?,56?,57?,58+,59+,60+,61-,62-,63-,65?/m1/s1. The Morgan fingerprint density at radius 1 is 0.385 bits per heavy atom. The van der Waals surface area contributed by atoms with Crippen LogP contribution in [-0.2, 0) is 71.5 Å². The van der Waals surface area contributed by atoms with Crippen LogP contribution in [0.15, 0.2) is 0 Å². The van der Waals surface area contributed by atoms with Crippen molar-refractivity contribution in [2.45, 2.75) is 229 Å². The zero-order chi connectivity index (χ0) is 71.2. The maximum atomic E-state index is 14.0. The van der Waals surface area contributed by atoms with Gasteiger partial charge in [-0.05, 0) is 78.6 Å². The van der Waals surface area contributed by atoms with Gasteiger partial charge in [0, 0.05) is 155 Å². The molecule has 0 spiro atoms. The summed E-state index contributed by atoms with van der Waals surface area (Å²) in [5.41, 5.74) is -1.46. The average Bonchev–Trinajstić information content (AvgIpc) is 0.831. The molecule has 31 nitrogen and oxygen atoms in total. The predicted octanol–water partition coefficient (Wildman–Crippen LogP) is -2.80. The van der Waals surface area contributed by atoms with Gasteiger partial charge in [-0.3, -0.25) is 38.4 Å². The molecule has 0 heterocycles. The number of Topliss-reactive ketones (excluding diaryl/α,β-unsaturated/α-hetero) is 1. The Morgan fingerprint density at radius 3 is 1.03 bits per heavy atom. The highest BCUT2D eigenvalue weighted by Gasteiger charge is 2.47. The van der Waals surface area contributed by atoms with Gasteiger partial charge in [0.25, 0.3) is 0 Å². The first-order chi connectivity index (χ1) is 45.6. The second-order valence-corrected chi connectivity index (χ2v) is 26.7. The van der Waals surface area contributed by atoms with Crippen LogP contribution in [0.2, 0.25) is 0 Å². The van der Waals surface area contributed by atoms with Crippen LogP contribution in [0.5, 0.6) is 0 Å². The summed E-state index contributed by atoms with van der Waals surface area (Å²) in [4.78, 5) is 102. The minimum Gasteiger partial charge on any atom is -0.396 e. The summed E-state index contributed by atoms with van der Waals surface area (Å²) >= 11 is 0. The molecular weight excluding hydrogens is 1260 g/mol. The number of nitrogens with one attached hydrogen (secondary N) is 7. The number of aliphatic hydroxyl groups excluding tert-OH is 9. The molecular formula is C65H117N7O24. The predicted molar refractivity (Wildman–Crippen MR) is 346 cm³/mol. The van der Waals surface area contributed by atoms with Crippen LogP contribution in [0, 0.1) is 23.2 Å². The van der Waals surface area contributed by atoms with Crippen molar-refractivity contribution in [2.75, 3.05) is 112 Å². The Kier molecular flexibility index (Phi) is 41.5. The fourth-order valence-electron chi connectivity index (χ4n) is 11.9. The Bertz CT molecular complexity index is 2100. The number of carbonyl (C=O) groups excluding carboxylic acids is 8. The molecule has 31 heteroatoms. The number of carbonyl (C=O) groups is 8. The molecule has 7 amide bonds. The van der Waals surface area contributed by atoms with Crippen LogP contribution in [0.25, 0.3) is 0 Å². The highest BCUT2D eigenvalue weighted by atomic mass is 16.5. The number of ether oxygens (including phenoxy) is 7. The normalized spacial score (nSPS) is 26.6. The topological polar surface area (TPSA) is 467 Å². The Morgan fingerprint density at radius 2 is 0.708 bits per heavy atom. The third kappa shape index (κ3) is 33.5. The van der Waals surface area contributed by atoms with Crippen LogP contribution >= 0.6 is 0 Å². The van der Waals surface area contributed by atoms with E-state index in [1.165, 1.54) is 20.8 Å². The van der Waals surface area contributed by atoms with Crippen molar-refractivity contribution in [3.63, 3.8) is 0 Å². The van der Waals surface area contributed by atoms with Crippen LogP contribution in [0.3, 0.4) is 0 Å². The monoisotopic (exact) mass is 1380 g/mol. The summed E-state index contributed by atoms with van der Waals surface area (Å²) in [6.07, 6.45) is -5.29. The minimum absolute atomic E-state index is 0.00485. The van der Waals surface area contributed by atoms with Crippen LogP contribution in [0.1, 0.15) is 151 Å². The van der Waals surface area contributed by atoms with Crippen LogP contribution in [0.4, 0.5) is 0 Å². The summed E-state index contributed by atoms with van der Waals surface area (Å²) in [5.74, 6) is -4.96. The first kappa shape index (κ1) is 85.5. The highest BCUT2D eigenvalue weighted by Crippen LogP contribution is 2.32. The number of aliphatic hydroxyl groups is 9. The summed E-state index contributed by atoms with van der Waals surface area (Å²) in [5, 5.41) is 112. The Hall–Kier alpha value is -4.68. The number of ketones is 1. The van der Waals surface area contributed by atoms with E-state index in [1.807, 2.05) is 20.8 Å². The van der Waals surface area contributed by atoms with Gasteiger partial charge in [0.15, 0.2) is 0 Å². The largest absolute Gasteiger partial charge is 0.396 e. The summed E-state index contributed by atoms with van der Waals surface area (Å²) in [6.45, 7) is 9.64. The van der Waals surface area contributed by atoms with E-state index in [9.17, 15) is 84.3 Å².